The number of nitriles is 1. The number of halogens is 3. The van der Waals surface area contributed by atoms with Crippen LogP contribution in [-0.2, 0) is 13.5 Å². The highest BCUT2D eigenvalue weighted by atomic mass is 35.6. The Morgan fingerprint density at radius 1 is 1.55 bits per heavy atom. The van der Waals surface area contributed by atoms with Gasteiger partial charge in [0, 0.05) is 24.2 Å². The molecule has 0 saturated heterocycles. The Kier molecular flexibility index (Phi) is 4.40. The maximum Gasteiger partial charge on any atom is 0.255 e. The molecule has 104 valence electrons. The van der Waals surface area contributed by atoms with Gasteiger partial charge in [-0.3, -0.25) is 4.79 Å². The second kappa shape index (κ2) is 5.74. The lowest BCUT2D eigenvalue weighted by Gasteiger charge is -2.09. The van der Waals surface area contributed by atoms with Gasteiger partial charge in [0.15, 0.2) is 0 Å². The summed E-state index contributed by atoms with van der Waals surface area (Å²) in [6, 6.07) is 3.66. The van der Waals surface area contributed by atoms with E-state index < -0.39 is 9.58 Å². The minimum absolute atomic E-state index is 0.261. The van der Waals surface area contributed by atoms with Gasteiger partial charge in [0.05, 0.1) is 23.9 Å². The van der Waals surface area contributed by atoms with Crippen molar-refractivity contribution in [1.29, 1.82) is 5.26 Å². The molecule has 4 nitrogen and oxygen atoms in total. The molecule has 0 fully saturated rings. The number of Topliss-reactive ketones (excluding diaryl/α,β-unsaturated/α-hetero) is 1. The molecule has 0 aromatic carbocycles. The third kappa shape index (κ3) is 3.15. The van der Waals surface area contributed by atoms with Crippen LogP contribution in [0, 0.1) is 11.3 Å². The van der Waals surface area contributed by atoms with Crippen LogP contribution in [0.1, 0.15) is 15.5 Å². The van der Waals surface area contributed by atoms with Gasteiger partial charge >= 0.3 is 0 Å². The molecule has 2 heterocycles. The summed E-state index contributed by atoms with van der Waals surface area (Å²) in [7, 11) is 1.69. The fourth-order valence-corrected chi connectivity index (χ4v) is 2.69. The van der Waals surface area contributed by atoms with E-state index in [1.54, 1.807) is 23.9 Å². The molecule has 0 atom stereocenters. The SMILES string of the molecule is Cn1cc(-c2csc(CC#N)n2)cc1C(=O)C(Cl)(Cl)Cl. The third-order valence-corrected chi connectivity index (χ3v) is 3.94. The van der Waals surface area contributed by atoms with Crippen LogP contribution >= 0.6 is 46.1 Å². The molecule has 2 aromatic heterocycles. The monoisotopic (exact) mass is 347 g/mol. The predicted octanol–water partition coefficient (Wildman–Crippen LogP) is 3.77. The van der Waals surface area contributed by atoms with Crippen molar-refractivity contribution in [2.24, 2.45) is 7.05 Å². The first-order chi connectivity index (χ1) is 9.32. The van der Waals surface area contributed by atoms with Gasteiger partial charge in [-0.1, -0.05) is 34.8 Å². The van der Waals surface area contributed by atoms with Crippen molar-refractivity contribution in [1.82, 2.24) is 9.55 Å². The lowest BCUT2D eigenvalue weighted by Crippen LogP contribution is -2.21. The molecule has 0 radical (unpaired) electrons. The number of aryl methyl sites for hydroxylation is 1. The first-order valence-corrected chi connectivity index (χ1v) is 7.44. The van der Waals surface area contributed by atoms with E-state index in [9.17, 15) is 4.79 Å². The fraction of sp³-hybridized carbons (Fsp3) is 0.250. The predicted molar refractivity (Wildman–Crippen MR) is 80.5 cm³/mol. The Morgan fingerprint density at radius 3 is 2.85 bits per heavy atom. The van der Waals surface area contributed by atoms with Gasteiger partial charge in [-0.2, -0.15) is 5.26 Å². The van der Waals surface area contributed by atoms with Gasteiger partial charge in [-0.15, -0.1) is 11.3 Å². The van der Waals surface area contributed by atoms with Crippen molar-refractivity contribution in [2.75, 3.05) is 0 Å². The molecule has 2 aromatic rings. The smallest absolute Gasteiger partial charge is 0.255 e. The minimum Gasteiger partial charge on any atom is -0.347 e. The van der Waals surface area contributed by atoms with Gasteiger partial charge in [0.25, 0.3) is 3.79 Å². The Bertz CT molecular complexity index is 694. The molecular weight excluding hydrogens is 341 g/mol. The Labute approximate surface area is 134 Å². The van der Waals surface area contributed by atoms with Crippen LogP contribution in [0.25, 0.3) is 11.3 Å². The van der Waals surface area contributed by atoms with Crippen molar-refractivity contribution >= 4 is 51.9 Å². The summed E-state index contributed by atoms with van der Waals surface area (Å²) in [5.74, 6) is -0.594. The van der Waals surface area contributed by atoms with Crippen LogP contribution in [0.3, 0.4) is 0 Å². The zero-order valence-electron chi connectivity index (χ0n) is 10.2. The van der Waals surface area contributed by atoms with Gasteiger partial charge < -0.3 is 4.57 Å². The summed E-state index contributed by atoms with van der Waals surface area (Å²) in [6.07, 6.45) is 1.99. The van der Waals surface area contributed by atoms with Crippen molar-refractivity contribution in [2.45, 2.75) is 10.2 Å². The summed E-state index contributed by atoms with van der Waals surface area (Å²) in [5, 5.41) is 11.2. The molecular formula is C12H8Cl3N3OS. The van der Waals surface area contributed by atoms with E-state index in [1.165, 1.54) is 11.3 Å². The van der Waals surface area contributed by atoms with Crippen LogP contribution in [0.2, 0.25) is 0 Å². The molecule has 0 saturated carbocycles. The highest BCUT2D eigenvalue weighted by molar-refractivity contribution is 7.10. The summed E-state index contributed by atoms with van der Waals surface area (Å²) < 4.78 is -0.402. The second-order valence-electron chi connectivity index (χ2n) is 4.01. The fourth-order valence-electron chi connectivity index (χ4n) is 1.67. The van der Waals surface area contributed by atoms with E-state index in [-0.39, 0.29) is 12.1 Å². The number of nitrogens with zero attached hydrogens (tertiary/aromatic N) is 3. The molecule has 0 aliphatic rings. The van der Waals surface area contributed by atoms with Crippen LogP contribution in [0.5, 0.6) is 0 Å². The zero-order valence-corrected chi connectivity index (χ0v) is 13.3. The summed E-state index contributed by atoms with van der Waals surface area (Å²) in [4.78, 5) is 16.3. The molecule has 0 aliphatic heterocycles. The number of thiazole rings is 1. The van der Waals surface area contributed by atoms with Gasteiger partial charge in [0.1, 0.15) is 5.01 Å². The first-order valence-electron chi connectivity index (χ1n) is 5.42. The van der Waals surface area contributed by atoms with E-state index in [0.717, 1.165) is 10.6 Å². The largest absolute Gasteiger partial charge is 0.347 e. The van der Waals surface area contributed by atoms with Gasteiger partial charge in [0.2, 0.25) is 5.78 Å². The van der Waals surface area contributed by atoms with Crippen molar-refractivity contribution in [3.05, 3.63) is 28.3 Å². The van der Waals surface area contributed by atoms with Crippen molar-refractivity contribution in [3.8, 4) is 17.3 Å². The Hall–Kier alpha value is -1.06. The number of hydrogen-bond acceptors (Lipinski definition) is 4. The van der Waals surface area contributed by atoms with Crippen LogP contribution in [0.4, 0.5) is 0 Å². The number of carbonyl (C=O) groups excluding carboxylic acids is 1. The van der Waals surface area contributed by atoms with E-state index >= 15 is 0 Å². The van der Waals surface area contributed by atoms with Crippen molar-refractivity contribution in [3.63, 3.8) is 0 Å². The second-order valence-corrected chi connectivity index (χ2v) is 7.24. The third-order valence-electron chi connectivity index (χ3n) is 2.57. The number of aromatic nitrogens is 2. The van der Waals surface area contributed by atoms with Crippen LogP contribution in [-0.4, -0.2) is 19.1 Å². The average molecular weight is 349 g/mol. The lowest BCUT2D eigenvalue weighted by molar-refractivity contribution is 0.0988. The maximum atomic E-state index is 12.0. The Morgan fingerprint density at radius 2 is 2.25 bits per heavy atom. The summed E-state index contributed by atoms with van der Waals surface area (Å²) >= 11 is 18.2. The van der Waals surface area contributed by atoms with Crippen LogP contribution < -0.4 is 0 Å². The Balaban J connectivity index is 2.36. The van der Waals surface area contributed by atoms with Gasteiger partial charge in [-0.25, -0.2) is 4.98 Å². The number of ketones is 1. The maximum absolute atomic E-state index is 12.0. The number of alkyl halides is 3. The van der Waals surface area contributed by atoms with Crippen LogP contribution in [0.15, 0.2) is 17.6 Å². The van der Waals surface area contributed by atoms with Crippen molar-refractivity contribution < 1.29 is 4.79 Å². The quantitative estimate of drug-likeness (QED) is 0.626. The molecule has 0 N–H and O–H groups in total. The lowest BCUT2D eigenvalue weighted by atomic mass is 10.2. The standard InChI is InChI=1S/C12H8Cl3N3OS/c1-18-5-7(4-9(18)11(19)12(13,14)15)8-6-20-10(17-8)2-3-16/h4-6H,2H2,1H3. The molecule has 20 heavy (non-hydrogen) atoms. The topological polar surface area (TPSA) is 58.7 Å². The molecule has 8 heteroatoms. The molecule has 0 amide bonds. The number of carbonyl (C=O) groups is 1. The van der Waals surface area contributed by atoms with E-state index in [4.69, 9.17) is 40.1 Å². The highest BCUT2D eigenvalue weighted by Gasteiger charge is 2.33. The minimum atomic E-state index is -1.99. The van der Waals surface area contributed by atoms with E-state index in [0.29, 0.717) is 5.69 Å². The zero-order chi connectivity index (χ0) is 14.9. The van der Waals surface area contributed by atoms with Gasteiger partial charge in [-0.05, 0) is 6.07 Å². The molecule has 0 spiro atoms. The number of rotatable bonds is 3. The molecule has 0 aliphatic carbocycles. The van der Waals surface area contributed by atoms with E-state index in [2.05, 4.69) is 4.98 Å². The normalized spacial score (nSPS) is 11.3. The molecule has 0 unspecified atom stereocenters. The number of hydrogen-bond donors (Lipinski definition) is 0. The average Bonchev–Trinajstić information content (AvgIpc) is 2.94. The summed E-state index contributed by atoms with van der Waals surface area (Å²) in [6.45, 7) is 0. The van der Waals surface area contributed by atoms with E-state index in [1.807, 2.05) is 11.4 Å². The molecule has 0 bridgehead atoms. The summed E-state index contributed by atoms with van der Waals surface area (Å²) in [5.41, 5.74) is 1.72. The molecule has 2 rings (SSSR count). The highest BCUT2D eigenvalue weighted by Crippen LogP contribution is 2.32. The first kappa shape index (κ1) is 15.3.